The van der Waals surface area contributed by atoms with Crippen LogP contribution >= 0.6 is 23.1 Å². The number of aromatic nitrogens is 1. The number of nitrogens with two attached hydrogens (primary N) is 1. The molecule has 4 rings (SSSR count). The van der Waals surface area contributed by atoms with Gasteiger partial charge in [-0.15, -0.1) is 23.1 Å². The molecule has 1 saturated carbocycles. The minimum absolute atomic E-state index is 0.0290. The molecule has 0 bridgehead atoms. The number of carbonyl (C=O) groups is 3. The number of thiazole rings is 1. The van der Waals surface area contributed by atoms with E-state index in [0.717, 1.165) is 25.7 Å². The fourth-order valence-electron chi connectivity index (χ4n) is 3.36. The molecule has 2 aliphatic heterocycles. The maximum Gasteiger partial charge on any atom is 0.333 e. The number of carboxylic acids is 1. The molecule has 0 radical (unpaired) electrons. The summed E-state index contributed by atoms with van der Waals surface area (Å²) in [6.07, 6.45) is 5.16. The maximum atomic E-state index is 12.9. The second kappa shape index (κ2) is 8.03. The van der Waals surface area contributed by atoms with Crippen LogP contribution in [0, 0.1) is 0 Å². The molecule has 10 nitrogen and oxygen atoms in total. The quantitative estimate of drug-likeness (QED) is 0.336. The number of aliphatic carboxylic acids is 1. The standard InChI is InChI=1S/C17H19N5O5S2/c18-17-19-10(7-29-17)11(21-27-9-3-1-2-4-9)13(23)20-12-14(24)22-5-8(16(25)26)6-28-15(12)22/h5,7,9,12,15H,1-4,6H2,(H2,18,19)(H,20,23)(H,25,26)/t12?,15-/m1/s1. The number of thioether (sulfide) groups is 1. The number of nitrogens with zero attached hydrogens (tertiary/aromatic N) is 3. The van der Waals surface area contributed by atoms with Crippen molar-refractivity contribution in [3.63, 3.8) is 0 Å². The van der Waals surface area contributed by atoms with Crippen LogP contribution < -0.4 is 11.1 Å². The molecule has 0 spiro atoms. The molecule has 1 aromatic heterocycles. The molecule has 2 amide bonds. The van der Waals surface area contributed by atoms with Crippen molar-refractivity contribution in [3.8, 4) is 0 Å². The molecule has 1 aliphatic carbocycles. The van der Waals surface area contributed by atoms with Gasteiger partial charge in [-0.3, -0.25) is 9.59 Å². The summed E-state index contributed by atoms with van der Waals surface area (Å²) in [5, 5.41) is 17.3. The van der Waals surface area contributed by atoms with Gasteiger partial charge in [-0.25, -0.2) is 9.78 Å². The van der Waals surface area contributed by atoms with Crippen LogP contribution in [0.25, 0.3) is 0 Å². The summed E-state index contributed by atoms with van der Waals surface area (Å²) >= 11 is 2.46. The van der Waals surface area contributed by atoms with Gasteiger partial charge in [0.25, 0.3) is 11.8 Å². The van der Waals surface area contributed by atoms with Crippen LogP contribution in [0.3, 0.4) is 0 Å². The zero-order valence-corrected chi connectivity index (χ0v) is 16.9. The number of nitrogens with one attached hydrogen (secondary N) is 1. The topological polar surface area (TPSA) is 147 Å². The Hall–Kier alpha value is -2.60. The predicted molar refractivity (Wildman–Crippen MR) is 107 cm³/mol. The number of nitrogen functional groups attached to an aromatic ring is 1. The van der Waals surface area contributed by atoms with Gasteiger partial charge in [-0.1, -0.05) is 5.16 Å². The van der Waals surface area contributed by atoms with Crippen molar-refractivity contribution in [1.82, 2.24) is 15.2 Å². The van der Waals surface area contributed by atoms with Crippen LogP contribution in [0.4, 0.5) is 5.13 Å². The highest BCUT2D eigenvalue weighted by molar-refractivity contribution is 8.00. The lowest BCUT2D eigenvalue weighted by Crippen LogP contribution is -2.69. The molecule has 1 unspecified atom stereocenters. The van der Waals surface area contributed by atoms with Gasteiger partial charge in [-0.2, -0.15) is 0 Å². The van der Waals surface area contributed by atoms with Gasteiger partial charge in [0.1, 0.15) is 23.2 Å². The van der Waals surface area contributed by atoms with E-state index in [4.69, 9.17) is 15.7 Å². The number of hydrogen-bond donors (Lipinski definition) is 3. The predicted octanol–water partition coefficient (Wildman–Crippen LogP) is 0.757. The zero-order valence-electron chi connectivity index (χ0n) is 15.2. The number of fused-ring (bicyclic) bond motifs is 1. The fourth-order valence-corrected chi connectivity index (χ4v) is 5.16. The van der Waals surface area contributed by atoms with Gasteiger partial charge in [0.15, 0.2) is 10.8 Å². The maximum absolute atomic E-state index is 12.9. The largest absolute Gasteiger partial charge is 0.478 e. The van der Waals surface area contributed by atoms with E-state index in [1.54, 1.807) is 5.38 Å². The van der Waals surface area contributed by atoms with Crippen molar-refractivity contribution in [2.45, 2.75) is 43.2 Å². The first-order chi connectivity index (χ1) is 13.9. The molecule has 1 saturated heterocycles. The Balaban J connectivity index is 1.48. The lowest BCUT2D eigenvalue weighted by atomic mass is 10.1. The van der Waals surface area contributed by atoms with Crippen molar-refractivity contribution >= 4 is 51.7 Å². The van der Waals surface area contributed by atoms with Gasteiger partial charge >= 0.3 is 5.97 Å². The molecule has 0 aromatic carbocycles. The highest BCUT2D eigenvalue weighted by Crippen LogP contribution is 2.36. The third kappa shape index (κ3) is 3.94. The lowest BCUT2D eigenvalue weighted by Gasteiger charge is -2.46. The average Bonchev–Trinajstić information content (AvgIpc) is 3.37. The molecular weight excluding hydrogens is 418 g/mol. The van der Waals surface area contributed by atoms with Crippen molar-refractivity contribution in [2.24, 2.45) is 5.16 Å². The first kappa shape index (κ1) is 19.7. The smallest absolute Gasteiger partial charge is 0.333 e. The molecule has 12 heteroatoms. The number of oxime groups is 1. The first-order valence-electron chi connectivity index (χ1n) is 9.08. The van der Waals surface area contributed by atoms with Gasteiger partial charge in [-0.05, 0) is 25.7 Å². The summed E-state index contributed by atoms with van der Waals surface area (Å²) in [6, 6.07) is -0.772. The van der Waals surface area contributed by atoms with Gasteiger partial charge < -0.3 is 25.9 Å². The molecule has 1 aromatic rings. The van der Waals surface area contributed by atoms with E-state index in [-0.39, 0.29) is 40.1 Å². The van der Waals surface area contributed by atoms with E-state index < -0.39 is 17.9 Å². The fraction of sp³-hybridized carbons (Fsp3) is 0.471. The number of anilines is 1. The van der Waals surface area contributed by atoms with Crippen LogP contribution in [0.1, 0.15) is 31.4 Å². The second-order valence-electron chi connectivity index (χ2n) is 6.88. The van der Waals surface area contributed by atoms with E-state index in [1.165, 1.54) is 34.2 Å². The summed E-state index contributed by atoms with van der Waals surface area (Å²) in [4.78, 5) is 47.3. The highest BCUT2D eigenvalue weighted by atomic mass is 32.2. The third-order valence-corrected chi connectivity index (χ3v) is 6.91. The van der Waals surface area contributed by atoms with Crippen LogP contribution in [0.15, 0.2) is 22.3 Å². The monoisotopic (exact) mass is 437 g/mol. The molecule has 154 valence electrons. The number of carbonyl (C=O) groups excluding carboxylic acids is 2. The van der Waals surface area contributed by atoms with E-state index >= 15 is 0 Å². The number of amides is 2. The Kier molecular flexibility index (Phi) is 5.46. The number of rotatable bonds is 6. The van der Waals surface area contributed by atoms with Crippen LogP contribution in [-0.4, -0.2) is 61.8 Å². The van der Waals surface area contributed by atoms with Gasteiger partial charge in [0, 0.05) is 17.3 Å². The summed E-state index contributed by atoms with van der Waals surface area (Å²) in [5.74, 6) is -1.76. The lowest BCUT2D eigenvalue weighted by molar-refractivity contribution is -0.144. The van der Waals surface area contributed by atoms with Crippen molar-refractivity contribution in [3.05, 3.63) is 22.8 Å². The Morgan fingerprint density at radius 3 is 2.79 bits per heavy atom. The van der Waals surface area contributed by atoms with Crippen molar-refractivity contribution in [1.29, 1.82) is 0 Å². The minimum atomic E-state index is -1.06. The van der Waals surface area contributed by atoms with Crippen LogP contribution in [0.2, 0.25) is 0 Å². The highest BCUT2D eigenvalue weighted by Gasteiger charge is 2.50. The minimum Gasteiger partial charge on any atom is -0.478 e. The Labute approximate surface area is 174 Å². The second-order valence-corrected chi connectivity index (χ2v) is 8.88. The molecule has 2 atom stereocenters. The molecule has 4 N–H and O–H groups in total. The molecule has 3 heterocycles. The van der Waals surface area contributed by atoms with E-state index in [1.807, 2.05) is 0 Å². The Morgan fingerprint density at radius 1 is 1.38 bits per heavy atom. The molecule has 2 fully saturated rings. The van der Waals surface area contributed by atoms with E-state index in [0.29, 0.717) is 5.13 Å². The Morgan fingerprint density at radius 2 is 2.14 bits per heavy atom. The zero-order chi connectivity index (χ0) is 20.5. The molecular formula is C17H19N5O5S2. The van der Waals surface area contributed by atoms with E-state index in [2.05, 4.69) is 15.5 Å². The summed E-state index contributed by atoms with van der Waals surface area (Å²) in [5.41, 5.74) is 6.09. The average molecular weight is 438 g/mol. The van der Waals surface area contributed by atoms with Crippen LogP contribution in [-0.2, 0) is 19.2 Å². The molecule has 29 heavy (non-hydrogen) atoms. The van der Waals surface area contributed by atoms with E-state index in [9.17, 15) is 14.4 Å². The van der Waals surface area contributed by atoms with Crippen molar-refractivity contribution in [2.75, 3.05) is 11.5 Å². The SMILES string of the molecule is Nc1nc(C(=NOC2CCCC2)C(=O)NC2C(=O)N3C=C(C(=O)O)CS[C@H]23)cs1. The van der Waals surface area contributed by atoms with Gasteiger partial charge in [0.05, 0.1) is 5.57 Å². The van der Waals surface area contributed by atoms with Crippen molar-refractivity contribution < 1.29 is 24.3 Å². The summed E-state index contributed by atoms with van der Waals surface area (Å²) < 4.78 is 0. The summed E-state index contributed by atoms with van der Waals surface area (Å²) in [6.45, 7) is 0. The van der Waals surface area contributed by atoms with Crippen LogP contribution in [0.5, 0.6) is 0 Å². The third-order valence-electron chi connectivity index (χ3n) is 4.92. The number of hydrogen-bond acceptors (Lipinski definition) is 9. The normalized spacial score (nSPS) is 24.6. The Bertz CT molecular complexity index is 908. The first-order valence-corrected chi connectivity index (χ1v) is 11.0. The van der Waals surface area contributed by atoms with Gasteiger partial charge in [0.2, 0.25) is 0 Å². The number of carboxylic acid groups (broad SMARTS) is 1. The number of β-lactam (4-membered cyclic amide) rings is 1. The molecule has 3 aliphatic rings. The summed E-state index contributed by atoms with van der Waals surface area (Å²) in [7, 11) is 0.